The van der Waals surface area contributed by atoms with Crippen LogP contribution in [0.1, 0.15) is 40.8 Å². The highest BCUT2D eigenvalue weighted by molar-refractivity contribution is 5.91. The van der Waals surface area contributed by atoms with E-state index in [9.17, 15) is 9.90 Å². The fourth-order valence-corrected chi connectivity index (χ4v) is 3.33. The van der Waals surface area contributed by atoms with Crippen LogP contribution in [0.5, 0.6) is 0 Å². The summed E-state index contributed by atoms with van der Waals surface area (Å²) in [6, 6.07) is 5.09. The van der Waals surface area contributed by atoms with Gasteiger partial charge in [-0.1, -0.05) is 0 Å². The number of furan rings is 1. The molecule has 3 aromatic rings. The van der Waals surface area contributed by atoms with Crippen LogP contribution in [0.15, 0.2) is 47.4 Å². The van der Waals surface area contributed by atoms with Gasteiger partial charge in [0.05, 0.1) is 24.9 Å². The van der Waals surface area contributed by atoms with Gasteiger partial charge in [0.2, 0.25) is 0 Å². The predicted octanol–water partition coefficient (Wildman–Crippen LogP) is 1.50. The molecule has 1 fully saturated rings. The summed E-state index contributed by atoms with van der Waals surface area (Å²) >= 11 is 0. The third kappa shape index (κ3) is 3.41. The second-order valence-electron chi connectivity index (χ2n) is 6.75. The number of carbonyl (C=O) groups is 1. The molecule has 4 rings (SSSR count). The van der Waals surface area contributed by atoms with Crippen LogP contribution in [0.4, 0.5) is 0 Å². The van der Waals surface area contributed by atoms with Gasteiger partial charge in [-0.05, 0) is 37.0 Å². The summed E-state index contributed by atoms with van der Waals surface area (Å²) in [5.41, 5.74) is 0.932. The van der Waals surface area contributed by atoms with Crippen molar-refractivity contribution in [1.82, 2.24) is 24.9 Å². The summed E-state index contributed by atoms with van der Waals surface area (Å²) in [5, 5.41) is 21.0. The summed E-state index contributed by atoms with van der Waals surface area (Å²) < 4.78 is 9.11. The van der Waals surface area contributed by atoms with Crippen LogP contribution < -0.4 is 5.32 Å². The van der Waals surface area contributed by atoms with E-state index in [2.05, 4.69) is 15.5 Å². The fraction of sp³-hybridized carbons (Fsp3) is 0.389. The average Bonchev–Trinajstić information content (AvgIpc) is 3.32. The Balaban J connectivity index is 1.47. The Hall–Kier alpha value is -2.87. The van der Waals surface area contributed by atoms with Crippen molar-refractivity contribution in [2.24, 2.45) is 13.0 Å². The Labute approximate surface area is 150 Å². The maximum absolute atomic E-state index is 12.7. The van der Waals surface area contributed by atoms with Gasteiger partial charge in [-0.25, -0.2) is 0 Å². The topological polar surface area (TPSA) is 98.1 Å². The molecule has 1 aliphatic carbocycles. The molecule has 0 saturated heterocycles. The average molecular weight is 355 g/mol. The van der Waals surface area contributed by atoms with Crippen molar-refractivity contribution in [3.05, 3.63) is 60.1 Å². The van der Waals surface area contributed by atoms with Crippen LogP contribution in [-0.2, 0) is 13.6 Å². The molecule has 0 unspecified atom stereocenters. The largest absolute Gasteiger partial charge is 0.454 e. The Bertz CT molecular complexity index is 876. The van der Waals surface area contributed by atoms with E-state index in [1.165, 1.54) is 0 Å². The van der Waals surface area contributed by atoms with Crippen LogP contribution in [-0.4, -0.2) is 36.7 Å². The zero-order valence-corrected chi connectivity index (χ0v) is 14.4. The van der Waals surface area contributed by atoms with Crippen LogP contribution >= 0.6 is 0 Å². The van der Waals surface area contributed by atoms with Crippen molar-refractivity contribution in [3.63, 3.8) is 0 Å². The molecule has 3 aromatic heterocycles. The summed E-state index contributed by atoms with van der Waals surface area (Å²) in [6.07, 6.45) is 8.22. The van der Waals surface area contributed by atoms with Gasteiger partial charge in [0.1, 0.15) is 5.76 Å². The van der Waals surface area contributed by atoms with Gasteiger partial charge in [0.25, 0.3) is 5.91 Å². The zero-order chi connectivity index (χ0) is 18.1. The number of aliphatic hydroxyl groups is 1. The Morgan fingerprint density at radius 1 is 1.42 bits per heavy atom. The van der Waals surface area contributed by atoms with Gasteiger partial charge in [0, 0.05) is 31.2 Å². The van der Waals surface area contributed by atoms with Crippen molar-refractivity contribution >= 4 is 5.91 Å². The number of hydrogen-bond donors (Lipinski definition) is 2. The Kier molecular flexibility index (Phi) is 4.34. The molecule has 1 amide bonds. The Morgan fingerprint density at radius 2 is 2.27 bits per heavy atom. The van der Waals surface area contributed by atoms with E-state index in [1.54, 1.807) is 33.9 Å². The number of hydrogen-bond acceptors (Lipinski definition) is 5. The van der Waals surface area contributed by atoms with Crippen molar-refractivity contribution in [2.45, 2.75) is 31.5 Å². The lowest BCUT2D eigenvalue weighted by atomic mass is 9.75. The lowest BCUT2D eigenvalue weighted by Gasteiger charge is -2.37. The first-order valence-corrected chi connectivity index (χ1v) is 8.62. The van der Waals surface area contributed by atoms with Gasteiger partial charge >= 0.3 is 0 Å². The molecule has 0 spiro atoms. The van der Waals surface area contributed by atoms with Gasteiger partial charge in [-0.2, -0.15) is 10.2 Å². The molecule has 0 radical (unpaired) electrons. The third-order valence-electron chi connectivity index (χ3n) is 4.75. The number of nitrogens with zero attached hydrogens (tertiary/aromatic N) is 4. The van der Waals surface area contributed by atoms with Gasteiger partial charge in [0.15, 0.2) is 5.76 Å². The molecule has 1 saturated carbocycles. The normalized spacial score (nSPS) is 20.5. The number of aromatic nitrogens is 4. The number of aryl methyl sites for hydroxylation is 1. The lowest BCUT2D eigenvalue weighted by molar-refractivity contribution is 0.0232. The standard InChI is InChI=1S/C18H21N5O3/c1-22-10-13(9-20-22)17(12-7-14(24)8-12)21-18(25)16-4-3-15(26-16)11-23-6-2-5-19-23/h2-6,9-10,12,14,17,24H,7-8,11H2,1H3,(H,21,25)/t12?,14?,17-/m1/s1. The molecular weight excluding hydrogens is 334 g/mol. The summed E-state index contributed by atoms with van der Waals surface area (Å²) in [7, 11) is 1.84. The van der Waals surface area contributed by atoms with Gasteiger partial charge < -0.3 is 14.8 Å². The first-order chi connectivity index (χ1) is 12.6. The minimum absolute atomic E-state index is 0.191. The predicted molar refractivity (Wildman–Crippen MR) is 92.2 cm³/mol. The second-order valence-corrected chi connectivity index (χ2v) is 6.75. The van der Waals surface area contributed by atoms with Crippen molar-refractivity contribution in [1.29, 1.82) is 0 Å². The highest BCUT2D eigenvalue weighted by Crippen LogP contribution is 2.38. The lowest BCUT2D eigenvalue weighted by Crippen LogP contribution is -2.41. The molecule has 26 heavy (non-hydrogen) atoms. The quantitative estimate of drug-likeness (QED) is 0.698. The highest BCUT2D eigenvalue weighted by Gasteiger charge is 2.36. The maximum Gasteiger partial charge on any atom is 0.287 e. The number of amides is 1. The number of nitrogens with one attached hydrogen (secondary N) is 1. The van der Waals surface area contributed by atoms with E-state index in [-0.39, 0.29) is 29.7 Å². The smallest absolute Gasteiger partial charge is 0.287 e. The molecule has 8 heteroatoms. The number of aliphatic hydroxyl groups excluding tert-OH is 1. The summed E-state index contributed by atoms with van der Waals surface area (Å²) in [6.45, 7) is 0.473. The molecule has 2 N–H and O–H groups in total. The first-order valence-electron chi connectivity index (χ1n) is 8.62. The SMILES string of the molecule is Cn1cc([C@H](NC(=O)c2ccc(Cn3cccn3)o2)C2CC(O)C2)cn1. The van der Waals surface area contributed by atoms with Gasteiger partial charge in [-0.3, -0.25) is 14.2 Å². The molecule has 3 heterocycles. The summed E-state index contributed by atoms with van der Waals surface area (Å²) in [5.74, 6) is 0.848. The molecular formula is C18H21N5O3. The van der Waals surface area contributed by atoms with Crippen LogP contribution in [0.25, 0.3) is 0 Å². The van der Waals surface area contributed by atoms with E-state index in [0.717, 1.165) is 5.56 Å². The minimum Gasteiger partial charge on any atom is -0.454 e. The van der Waals surface area contributed by atoms with Crippen LogP contribution in [0.2, 0.25) is 0 Å². The second kappa shape index (κ2) is 6.80. The molecule has 0 aliphatic heterocycles. The summed E-state index contributed by atoms with van der Waals surface area (Å²) in [4.78, 5) is 12.7. The molecule has 136 valence electrons. The monoisotopic (exact) mass is 355 g/mol. The molecule has 0 aromatic carbocycles. The maximum atomic E-state index is 12.7. The van der Waals surface area contributed by atoms with Crippen molar-refractivity contribution < 1.29 is 14.3 Å². The highest BCUT2D eigenvalue weighted by atomic mass is 16.4. The zero-order valence-electron chi connectivity index (χ0n) is 14.4. The van der Waals surface area contributed by atoms with Crippen molar-refractivity contribution in [3.8, 4) is 0 Å². The van der Waals surface area contributed by atoms with E-state index in [4.69, 9.17) is 4.42 Å². The van der Waals surface area contributed by atoms with E-state index >= 15 is 0 Å². The molecule has 1 aliphatic rings. The van der Waals surface area contributed by atoms with Crippen LogP contribution in [0.3, 0.4) is 0 Å². The number of rotatable bonds is 6. The van der Waals surface area contributed by atoms with Crippen LogP contribution in [0, 0.1) is 5.92 Å². The van der Waals surface area contributed by atoms with Crippen molar-refractivity contribution in [2.75, 3.05) is 0 Å². The third-order valence-corrected chi connectivity index (χ3v) is 4.75. The molecule has 8 nitrogen and oxygen atoms in total. The minimum atomic E-state index is -0.291. The first kappa shape index (κ1) is 16.6. The Morgan fingerprint density at radius 3 is 2.92 bits per heavy atom. The fourth-order valence-electron chi connectivity index (χ4n) is 3.33. The number of carbonyl (C=O) groups excluding carboxylic acids is 1. The van der Waals surface area contributed by atoms with E-state index < -0.39 is 0 Å². The molecule has 1 atom stereocenters. The van der Waals surface area contributed by atoms with E-state index in [0.29, 0.717) is 25.1 Å². The molecule has 0 bridgehead atoms. The van der Waals surface area contributed by atoms with Gasteiger partial charge in [-0.15, -0.1) is 0 Å². The van der Waals surface area contributed by atoms with E-state index in [1.807, 2.05) is 25.5 Å².